The van der Waals surface area contributed by atoms with Crippen molar-refractivity contribution in [3.8, 4) is 0 Å². The van der Waals surface area contributed by atoms with Crippen molar-refractivity contribution in [1.29, 1.82) is 0 Å². The van der Waals surface area contributed by atoms with Gasteiger partial charge in [0.2, 0.25) is 0 Å². The highest BCUT2D eigenvalue weighted by molar-refractivity contribution is 5.87. The smallest absolute Gasteiger partial charge is 0.410 e. The minimum Gasteiger partial charge on any atom is -0.445 e. The molecule has 3 rings (SSSR count). The maximum absolute atomic E-state index is 12.9. The summed E-state index contributed by atoms with van der Waals surface area (Å²) in [7, 11) is 0. The fraction of sp³-hybridized carbons (Fsp3) is 0.556. The van der Waals surface area contributed by atoms with Crippen LogP contribution in [0.3, 0.4) is 0 Å². The molecule has 0 aromatic heterocycles. The van der Waals surface area contributed by atoms with Gasteiger partial charge in [-0.15, -0.1) is 0 Å². The molecular weight excluding hydrogens is 335 g/mol. The second-order valence-corrected chi connectivity index (χ2v) is 6.88. The first-order valence-corrected chi connectivity index (χ1v) is 8.36. The van der Waals surface area contributed by atoms with Gasteiger partial charge in [-0.2, -0.15) is 13.2 Å². The minimum absolute atomic E-state index is 0.149. The first kappa shape index (κ1) is 17.8. The van der Waals surface area contributed by atoms with Crippen molar-refractivity contribution in [2.75, 3.05) is 13.1 Å². The average Bonchev–Trinajstić information content (AvgIpc) is 2.91. The van der Waals surface area contributed by atoms with E-state index in [1.807, 2.05) is 30.3 Å². The number of likely N-dealkylation sites (tertiary alicyclic amines) is 1. The highest BCUT2D eigenvalue weighted by atomic mass is 19.4. The SMILES string of the molecule is O=C(OCc1ccccc1)N1CCC2(CC1)CC(C(F)(F)F)CC2=O. The molecule has 2 aliphatic rings. The van der Waals surface area contributed by atoms with Crippen LogP contribution in [0.4, 0.5) is 18.0 Å². The molecule has 0 radical (unpaired) electrons. The van der Waals surface area contributed by atoms with Crippen LogP contribution in [-0.4, -0.2) is 36.0 Å². The van der Waals surface area contributed by atoms with Gasteiger partial charge in [-0.3, -0.25) is 4.79 Å². The fourth-order valence-corrected chi connectivity index (χ4v) is 3.74. The Balaban J connectivity index is 1.53. The molecule has 1 aromatic carbocycles. The predicted molar refractivity (Wildman–Crippen MR) is 83.7 cm³/mol. The Kier molecular flexibility index (Phi) is 4.75. The maximum Gasteiger partial charge on any atom is 0.410 e. The van der Waals surface area contributed by atoms with E-state index >= 15 is 0 Å². The second kappa shape index (κ2) is 6.69. The van der Waals surface area contributed by atoms with Crippen LogP contribution in [0, 0.1) is 11.3 Å². The van der Waals surface area contributed by atoms with Gasteiger partial charge < -0.3 is 9.64 Å². The fourth-order valence-electron chi connectivity index (χ4n) is 3.74. The van der Waals surface area contributed by atoms with Gasteiger partial charge in [0.1, 0.15) is 12.4 Å². The number of benzene rings is 1. The molecule has 4 nitrogen and oxygen atoms in total. The number of nitrogens with zero attached hydrogens (tertiary/aromatic N) is 1. The Bertz CT molecular complexity index is 637. The quantitative estimate of drug-likeness (QED) is 0.807. The third-order valence-electron chi connectivity index (χ3n) is 5.31. The summed E-state index contributed by atoms with van der Waals surface area (Å²) < 4.78 is 43.9. The normalized spacial score (nSPS) is 23.1. The minimum atomic E-state index is -4.33. The molecule has 1 atom stereocenters. The molecule has 1 unspecified atom stereocenters. The molecule has 7 heteroatoms. The molecular formula is C18H20F3NO3. The van der Waals surface area contributed by atoms with Crippen molar-refractivity contribution in [3.63, 3.8) is 0 Å². The van der Waals surface area contributed by atoms with Gasteiger partial charge >= 0.3 is 12.3 Å². The molecule has 1 aliphatic carbocycles. The van der Waals surface area contributed by atoms with Crippen molar-refractivity contribution < 1.29 is 27.5 Å². The van der Waals surface area contributed by atoms with Gasteiger partial charge in [0.05, 0.1) is 5.92 Å². The van der Waals surface area contributed by atoms with E-state index in [-0.39, 0.29) is 44.7 Å². The van der Waals surface area contributed by atoms with E-state index in [1.54, 1.807) is 0 Å². The Morgan fingerprint density at radius 2 is 1.84 bits per heavy atom. The monoisotopic (exact) mass is 355 g/mol. The summed E-state index contributed by atoms with van der Waals surface area (Å²) in [6.45, 7) is 0.657. The Labute approximate surface area is 143 Å². The number of ether oxygens (including phenoxy) is 1. The van der Waals surface area contributed by atoms with Gasteiger partial charge in [0.15, 0.2) is 0 Å². The van der Waals surface area contributed by atoms with Crippen molar-refractivity contribution in [2.24, 2.45) is 11.3 Å². The van der Waals surface area contributed by atoms with Crippen molar-refractivity contribution in [3.05, 3.63) is 35.9 Å². The molecule has 1 spiro atoms. The predicted octanol–water partition coefficient (Wildman–Crippen LogP) is 3.95. The zero-order valence-corrected chi connectivity index (χ0v) is 13.7. The van der Waals surface area contributed by atoms with E-state index in [0.717, 1.165) is 5.56 Å². The summed E-state index contributed by atoms with van der Waals surface area (Å²) in [5.41, 5.74) is -0.0561. The van der Waals surface area contributed by atoms with E-state index in [0.29, 0.717) is 0 Å². The van der Waals surface area contributed by atoms with Gasteiger partial charge in [-0.05, 0) is 24.8 Å². The first-order chi connectivity index (χ1) is 11.8. The molecule has 1 heterocycles. The van der Waals surface area contributed by atoms with E-state index < -0.39 is 30.0 Å². The number of piperidine rings is 1. The molecule has 25 heavy (non-hydrogen) atoms. The summed E-state index contributed by atoms with van der Waals surface area (Å²) in [6.07, 6.45) is -4.84. The summed E-state index contributed by atoms with van der Waals surface area (Å²) in [4.78, 5) is 25.8. The molecule has 136 valence electrons. The van der Waals surface area contributed by atoms with Crippen LogP contribution in [0.15, 0.2) is 30.3 Å². The van der Waals surface area contributed by atoms with Crippen molar-refractivity contribution >= 4 is 11.9 Å². The maximum atomic E-state index is 12.9. The van der Waals surface area contributed by atoms with Gasteiger partial charge in [-0.25, -0.2) is 4.79 Å². The number of halogens is 3. The molecule has 1 amide bonds. The van der Waals surface area contributed by atoms with Crippen LogP contribution in [0.1, 0.15) is 31.2 Å². The number of alkyl halides is 3. The largest absolute Gasteiger partial charge is 0.445 e. The van der Waals surface area contributed by atoms with Crippen LogP contribution in [0.5, 0.6) is 0 Å². The highest BCUT2D eigenvalue weighted by Gasteiger charge is 2.56. The van der Waals surface area contributed by atoms with Crippen LogP contribution in [0.2, 0.25) is 0 Å². The highest BCUT2D eigenvalue weighted by Crippen LogP contribution is 2.51. The van der Waals surface area contributed by atoms with Crippen molar-refractivity contribution in [2.45, 2.75) is 38.5 Å². The van der Waals surface area contributed by atoms with E-state index in [2.05, 4.69) is 0 Å². The zero-order valence-electron chi connectivity index (χ0n) is 13.7. The van der Waals surface area contributed by atoms with Crippen LogP contribution in [0.25, 0.3) is 0 Å². The number of rotatable bonds is 2. The first-order valence-electron chi connectivity index (χ1n) is 8.36. The third-order valence-corrected chi connectivity index (χ3v) is 5.31. The van der Waals surface area contributed by atoms with Gasteiger partial charge in [-0.1, -0.05) is 30.3 Å². The molecule has 2 fully saturated rings. The van der Waals surface area contributed by atoms with E-state index in [9.17, 15) is 22.8 Å². The topological polar surface area (TPSA) is 46.6 Å². The molecule has 0 bridgehead atoms. The standard InChI is InChI=1S/C18H20F3NO3/c19-18(20,21)14-10-15(23)17(11-14)6-8-22(9-7-17)16(24)25-12-13-4-2-1-3-5-13/h1-5,14H,6-12H2. The molecule has 1 aromatic rings. The van der Waals surface area contributed by atoms with E-state index in [4.69, 9.17) is 4.74 Å². The van der Waals surface area contributed by atoms with Gasteiger partial charge in [0.25, 0.3) is 0 Å². The summed E-state index contributed by atoms with van der Waals surface area (Å²) in [5.74, 6) is -1.86. The number of hydrogen-bond donors (Lipinski definition) is 0. The average molecular weight is 355 g/mol. The lowest BCUT2D eigenvalue weighted by Crippen LogP contribution is -2.45. The number of carbonyl (C=O) groups excluding carboxylic acids is 2. The van der Waals surface area contributed by atoms with Crippen molar-refractivity contribution in [1.82, 2.24) is 4.90 Å². The number of ketones is 1. The number of carbonyl (C=O) groups is 2. The third kappa shape index (κ3) is 3.80. The summed E-state index contributed by atoms with van der Waals surface area (Å²) >= 11 is 0. The lowest BCUT2D eigenvalue weighted by atomic mass is 9.75. The molecule has 1 aliphatic heterocycles. The Morgan fingerprint density at radius 3 is 2.40 bits per heavy atom. The molecule has 1 saturated carbocycles. The van der Waals surface area contributed by atoms with E-state index in [1.165, 1.54) is 4.90 Å². The number of Topliss-reactive ketones (excluding diaryl/α,β-unsaturated/α-hetero) is 1. The number of hydrogen-bond acceptors (Lipinski definition) is 3. The molecule has 1 saturated heterocycles. The number of amides is 1. The van der Waals surface area contributed by atoms with Crippen LogP contribution >= 0.6 is 0 Å². The summed E-state index contributed by atoms with van der Waals surface area (Å²) in [6, 6.07) is 9.23. The zero-order chi connectivity index (χ0) is 18.1. The van der Waals surface area contributed by atoms with Crippen LogP contribution in [-0.2, 0) is 16.1 Å². The lowest BCUT2D eigenvalue weighted by molar-refractivity contribution is -0.175. The summed E-state index contributed by atoms with van der Waals surface area (Å²) in [5, 5.41) is 0. The Hall–Kier alpha value is -2.05. The van der Waals surface area contributed by atoms with Crippen LogP contribution < -0.4 is 0 Å². The Morgan fingerprint density at radius 1 is 1.20 bits per heavy atom. The lowest BCUT2D eigenvalue weighted by Gasteiger charge is -2.37. The molecule has 0 N–H and O–H groups in total. The van der Waals surface area contributed by atoms with Gasteiger partial charge in [0, 0.05) is 24.9 Å². The second-order valence-electron chi connectivity index (χ2n) is 6.88.